The molecule has 2 aromatic rings. The molecule has 0 saturated carbocycles. The molecule has 1 fully saturated rings. The highest BCUT2D eigenvalue weighted by Gasteiger charge is 2.43. The quantitative estimate of drug-likeness (QED) is 0.544. The summed E-state index contributed by atoms with van der Waals surface area (Å²) in [4.78, 5) is 46.8. The molecule has 196 valence electrons. The largest absolute Gasteiger partial charge is 0.444 e. The lowest BCUT2D eigenvalue weighted by atomic mass is 9.93. The highest BCUT2D eigenvalue weighted by molar-refractivity contribution is 5.91. The lowest BCUT2D eigenvalue weighted by Crippen LogP contribution is -2.48. The predicted octanol–water partition coefficient (Wildman–Crippen LogP) is 4.39. The first-order chi connectivity index (χ1) is 17.6. The van der Waals surface area contributed by atoms with Crippen molar-refractivity contribution in [2.24, 2.45) is 0 Å². The van der Waals surface area contributed by atoms with Gasteiger partial charge in [-0.1, -0.05) is 18.2 Å². The van der Waals surface area contributed by atoms with Crippen LogP contribution in [0.15, 0.2) is 36.4 Å². The number of ether oxygens (including phenoxy) is 2. The Kier molecular flexibility index (Phi) is 6.43. The zero-order valence-electron chi connectivity index (χ0n) is 21.6. The van der Waals surface area contributed by atoms with Gasteiger partial charge in [-0.25, -0.2) is 14.6 Å². The Morgan fingerprint density at radius 1 is 1.16 bits per heavy atom. The SMILES string of the molecule is CN1CCC[C@@H]2OC(=O)Nc3cccc(c32)-c2cccc(n2)N[C@H]2C[C@@H](C1=O)N(C(=O)OC(C)(C)C)C2. The van der Waals surface area contributed by atoms with Crippen molar-refractivity contribution in [1.29, 1.82) is 0 Å². The first-order valence-corrected chi connectivity index (χ1v) is 12.7. The van der Waals surface area contributed by atoms with Gasteiger partial charge in [-0.05, 0) is 58.2 Å². The van der Waals surface area contributed by atoms with Gasteiger partial charge in [-0.2, -0.15) is 0 Å². The van der Waals surface area contributed by atoms with Crippen LogP contribution < -0.4 is 10.6 Å². The summed E-state index contributed by atoms with van der Waals surface area (Å²) in [6, 6.07) is 10.6. The molecule has 5 rings (SSSR count). The maximum absolute atomic E-state index is 13.5. The zero-order chi connectivity index (χ0) is 26.3. The Morgan fingerprint density at radius 3 is 2.73 bits per heavy atom. The fourth-order valence-electron chi connectivity index (χ4n) is 5.22. The van der Waals surface area contributed by atoms with Crippen molar-refractivity contribution in [2.75, 3.05) is 30.8 Å². The average Bonchev–Trinajstić information content (AvgIpc) is 3.25. The van der Waals surface area contributed by atoms with Crippen LogP contribution in [0.4, 0.5) is 21.1 Å². The van der Waals surface area contributed by atoms with Crippen LogP contribution in [0.2, 0.25) is 0 Å². The Balaban J connectivity index is 1.52. The molecular weight excluding hydrogens is 474 g/mol. The lowest BCUT2D eigenvalue weighted by molar-refractivity contribution is -0.134. The molecule has 1 saturated heterocycles. The molecule has 10 heteroatoms. The number of nitrogens with one attached hydrogen (secondary N) is 2. The molecule has 3 aliphatic rings. The third-order valence-corrected chi connectivity index (χ3v) is 6.84. The Labute approximate surface area is 216 Å². The molecule has 2 N–H and O–H groups in total. The van der Waals surface area contributed by atoms with Crippen molar-refractivity contribution in [3.63, 3.8) is 0 Å². The van der Waals surface area contributed by atoms with E-state index in [4.69, 9.17) is 14.5 Å². The number of carbonyl (C=O) groups excluding carboxylic acids is 3. The topological polar surface area (TPSA) is 113 Å². The van der Waals surface area contributed by atoms with Gasteiger partial charge in [0.1, 0.15) is 23.6 Å². The number of nitrogens with zero attached hydrogens (tertiary/aromatic N) is 3. The summed E-state index contributed by atoms with van der Waals surface area (Å²) < 4.78 is 11.3. The van der Waals surface area contributed by atoms with E-state index in [0.717, 1.165) is 16.8 Å². The van der Waals surface area contributed by atoms with Gasteiger partial charge in [0, 0.05) is 37.3 Å². The third kappa shape index (κ3) is 5.19. The number of fused-ring (bicyclic) bond motifs is 5. The second kappa shape index (κ2) is 9.57. The van der Waals surface area contributed by atoms with E-state index >= 15 is 0 Å². The number of pyridine rings is 1. The molecule has 10 nitrogen and oxygen atoms in total. The van der Waals surface area contributed by atoms with Crippen LogP contribution in [0.3, 0.4) is 0 Å². The summed E-state index contributed by atoms with van der Waals surface area (Å²) in [5, 5.41) is 6.22. The summed E-state index contributed by atoms with van der Waals surface area (Å²) >= 11 is 0. The average molecular weight is 508 g/mol. The summed E-state index contributed by atoms with van der Waals surface area (Å²) in [7, 11) is 1.74. The van der Waals surface area contributed by atoms with Crippen LogP contribution in [0.5, 0.6) is 0 Å². The fraction of sp³-hybridized carbons (Fsp3) is 0.481. The van der Waals surface area contributed by atoms with E-state index in [1.54, 1.807) is 11.9 Å². The molecule has 4 bridgehead atoms. The minimum absolute atomic E-state index is 0.143. The normalized spacial score (nSPS) is 23.6. The minimum Gasteiger partial charge on any atom is -0.444 e. The van der Waals surface area contributed by atoms with Crippen molar-refractivity contribution < 1.29 is 23.9 Å². The van der Waals surface area contributed by atoms with Gasteiger partial charge in [0.25, 0.3) is 0 Å². The minimum atomic E-state index is -0.673. The fourth-order valence-corrected chi connectivity index (χ4v) is 5.22. The van der Waals surface area contributed by atoms with Gasteiger partial charge in [0.15, 0.2) is 0 Å². The highest BCUT2D eigenvalue weighted by Crippen LogP contribution is 2.40. The molecule has 0 aliphatic carbocycles. The van der Waals surface area contributed by atoms with Crippen LogP contribution >= 0.6 is 0 Å². The van der Waals surface area contributed by atoms with Crippen LogP contribution in [-0.4, -0.2) is 70.7 Å². The smallest absolute Gasteiger partial charge is 0.412 e. The van der Waals surface area contributed by atoms with E-state index in [2.05, 4.69) is 10.6 Å². The zero-order valence-corrected chi connectivity index (χ0v) is 21.6. The molecule has 0 spiro atoms. The summed E-state index contributed by atoms with van der Waals surface area (Å²) in [5.41, 5.74) is 2.54. The molecule has 3 aliphatic heterocycles. The molecule has 1 aromatic heterocycles. The second-order valence-corrected chi connectivity index (χ2v) is 10.8. The highest BCUT2D eigenvalue weighted by atomic mass is 16.6. The molecule has 37 heavy (non-hydrogen) atoms. The molecule has 3 amide bonds. The van der Waals surface area contributed by atoms with Crippen LogP contribution in [0.1, 0.15) is 51.7 Å². The molecule has 0 radical (unpaired) electrons. The van der Waals surface area contributed by atoms with Gasteiger partial charge in [-0.3, -0.25) is 15.0 Å². The first-order valence-electron chi connectivity index (χ1n) is 12.7. The second-order valence-electron chi connectivity index (χ2n) is 10.8. The van der Waals surface area contributed by atoms with Crippen molar-refractivity contribution in [2.45, 2.75) is 63.8 Å². The standard InChI is InChI=1S/C27H33N5O5/c1-27(2,3)37-26(35)32-15-16-14-20(32)24(33)31(4)13-7-11-21-23-17(18-9-6-12-22(28-16)29-18)8-5-10-19(23)30-25(34)36-21/h5-6,8-10,12,16,20-21H,7,11,13-15H2,1-4H3,(H,28,29)(H,30,34)/t16-,20-,21-/m0/s1. The van der Waals surface area contributed by atoms with Crippen molar-refractivity contribution in [3.8, 4) is 11.3 Å². The molecule has 4 heterocycles. The van der Waals surface area contributed by atoms with Crippen molar-refractivity contribution >= 4 is 29.6 Å². The Bertz CT molecular complexity index is 1230. The van der Waals surface area contributed by atoms with E-state index in [-0.39, 0.29) is 11.9 Å². The van der Waals surface area contributed by atoms with Gasteiger partial charge in [0.05, 0.1) is 11.4 Å². The van der Waals surface area contributed by atoms with E-state index in [1.807, 2.05) is 57.2 Å². The van der Waals surface area contributed by atoms with Gasteiger partial charge >= 0.3 is 12.2 Å². The number of benzene rings is 1. The number of amides is 3. The summed E-state index contributed by atoms with van der Waals surface area (Å²) in [6.45, 7) is 6.22. The van der Waals surface area contributed by atoms with E-state index in [9.17, 15) is 14.4 Å². The number of likely N-dealkylation sites (tertiary alicyclic amines) is 1. The van der Waals surface area contributed by atoms with Crippen LogP contribution in [0, 0.1) is 0 Å². The number of hydrogen-bond acceptors (Lipinski definition) is 7. The molecule has 3 atom stereocenters. The number of hydrogen-bond donors (Lipinski definition) is 2. The Morgan fingerprint density at radius 2 is 1.95 bits per heavy atom. The summed E-state index contributed by atoms with van der Waals surface area (Å²) in [6.07, 6.45) is 0.124. The van der Waals surface area contributed by atoms with E-state index in [1.165, 1.54) is 4.90 Å². The van der Waals surface area contributed by atoms with Crippen LogP contribution in [0.25, 0.3) is 11.3 Å². The lowest BCUT2D eigenvalue weighted by Gasteiger charge is -2.31. The van der Waals surface area contributed by atoms with E-state index in [0.29, 0.717) is 43.9 Å². The van der Waals surface area contributed by atoms with Gasteiger partial charge < -0.3 is 19.7 Å². The number of likely N-dealkylation sites (N-methyl/N-ethyl adjacent to an activating group) is 1. The number of anilines is 2. The maximum Gasteiger partial charge on any atom is 0.412 e. The molecule has 1 aromatic carbocycles. The van der Waals surface area contributed by atoms with Gasteiger partial charge in [0.2, 0.25) is 5.91 Å². The number of carbonyl (C=O) groups is 3. The summed E-state index contributed by atoms with van der Waals surface area (Å²) in [5.74, 6) is 0.494. The van der Waals surface area contributed by atoms with Crippen molar-refractivity contribution in [1.82, 2.24) is 14.8 Å². The van der Waals surface area contributed by atoms with Gasteiger partial charge in [-0.15, -0.1) is 0 Å². The predicted molar refractivity (Wildman–Crippen MR) is 138 cm³/mol. The number of aromatic nitrogens is 1. The van der Waals surface area contributed by atoms with E-state index < -0.39 is 29.9 Å². The maximum atomic E-state index is 13.5. The molecule has 0 unspecified atom stereocenters. The number of rotatable bonds is 0. The monoisotopic (exact) mass is 507 g/mol. The Hall–Kier alpha value is -3.82. The molecular formula is C27H33N5O5. The van der Waals surface area contributed by atoms with Crippen LogP contribution in [-0.2, 0) is 14.3 Å². The van der Waals surface area contributed by atoms with Crippen molar-refractivity contribution in [3.05, 3.63) is 42.0 Å². The first kappa shape index (κ1) is 24.9. The third-order valence-electron chi connectivity index (χ3n) is 6.84.